The van der Waals surface area contributed by atoms with E-state index in [-0.39, 0.29) is 6.10 Å². The standard InChI is InChI=1S/C10H20N6O/c1-3-16-4-5-17-9(8-16)6-11-7-10-12-14-15(2)13-10/h9,11H,3-8H2,1-2H3. The second-order valence-corrected chi connectivity index (χ2v) is 4.21. The van der Waals surface area contributed by atoms with E-state index in [0.29, 0.717) is 6.54 Å². The molecule has 0 amide bonds. The Bertz CT molecular complexity index is 341. The molecule has 1 aliphatic heterocycles. The largest absolute Gasteiger partial charge is 0.374 e. The van der Waals surface area contributed by atoms with Gasteiger partial charge in [-0.3, -0.25) is 4.90 Å². The van der Waals surface area contributed by atoms with E-state index in [1.807, 2.05) is 0 Å². The van der Waals surface area contributed by atoms with Crippen LogP contribution in [0.2, 0.25) is 0 Å². The summed E-state index contributed by atoms with van der Waals surface area (Å²) in [6.07, 6.45) is 0.264. The maximum absolute atomic E-state index is 5.69. The SMILES string of the molecule is CCN1CCOC(CNCc2nnn(C)n2)C1. The average molecular weight is 240 g/mol. The Morgan fingerprint density at radius 3 is 3.12 bits per heavy atom. The molecule has 0 aromatic carbocycles. The second-order valence-electron chi connectivity index (χ2n) is 4.21. The zero-order chi connectivity index (χ0) is 12.1. The lowest BCUT2D eigenvalue weighted by Crippen LogP contribution is -2.46. The number of nitrogens with one attached hydrogen (secondary N) is 1. The first-order valence-electron chi connectivity index (χ1n) is 6.05. The van der Waals surface area contributed by atoms with Gasteiger partial charge in [0.1, 0.15) is 0 Å². The first-order valence-corrected chi connectivity index (χ1v) is 6.05. The maximum atomic E-state index is 5.69. The van der Waals surface area contributed by atoms with Gasteiger partial charge in [0.2, 0.25) is 0 Å². The zero-order valence-corrected chi connectivity index (χ0v) is 10.5. The van der Waals surface area contributed by atoms with Gasteiger partial charge in [-0.2, -0.15) is 4.80 Å². The van der Waals surface area contributed by atoms with Crippen molar-refractivity contribution in [3.63, 3.8) is 0 Å². The Labute approximate surface area is 101 Å². The predicted molar refractivity (Wildman–Crippen MR) is 62.4 cm³/mol. The lowest BCUT2D eigenvalue weighted by Gasteiger charge is -2.32. The third-order valence-electron chi connectivity index (χ3n) is 2.87. The van der Waals surface area contributed by atoms with E-state index >= 15 is 0 Å². The highest BCUT2D eigenvalue weighted by molar-refractivity contribution is 4.78. The Morgan fingerprint density at radius 2 is 2.41 bits per heavy atom. The summed E-state index contributed by atoms with van der Waals surface area (Å²) in [4.78, 5) is 3.86. The molecule has 1 fully saturated rings. The van der Waals surface area contributed by atoms with E-state index in [2.05, 4.69) is 32.6 Å². The summed E-state index contributed by atoms with van der Waals surface area (Å²) in [5.74, 6) is 0.718. The summed E-state index contributed by atoms with van der Waals surface area (Å²) < 4.78 is 5.69. The van der Waals surface area contributed by atoms with Crippen molar-refractivity contribution in [1.82, 2.24) is 30.4 Å². The van der Waals surface area contributed by atoms with Crippen molar-refractivity contribution in [3.8, 4) is 0 Å². The predicted octanol–water partition coefficient (Wildman–Crippen LogP) is -0.980. The quantitative estimate of drug-likeness (QED) is 0.713. The van der Waals surface area contributed by atoms with Crippen LogP contribution >= 0.6 is 0 Å². The molecule has 7 nitrogen and oxygen atoms in total. The smallest absolute Gasteiger partial charge is 0.188 e. The number of aromatic nitrogens is 4. The van der Waals surface area contributed by atoms with Crippen LogP contribution in [0.3, 0.4) is 0 Å². The van der Waals surface area contributed by atoms with Gasteiger partial charge in [-0.15, -0.1) is 10.2 Å². The Balaban J connectivity index is 1.68. The van der Waals surface area contributed by atoms with Gasteiger partial charge in [0.15, 0.2) is 5.82 Å². The monoisotopic (exact) mass is 240 g/mol. The van der Waals surface area contributed by atoms with Crippen LogP contribution in [0.25, 0.3) is 0 Å². The number of nitrogens with zero attached hydrogens (tertiary/aromatic N) is 5. The molecule has 96 valence electrons. The minimum absolute atomic E-state index is 0.264. The summed E-state index contributed by atoms with van der Waals surface area (Å²) in [7, 11) is 1.76. The van der Waals surface area contributed by atoms with E-state index in [1.54, 1.807) is 7.05 Å². The van der Waals surface area contributed by atoms with Gasteiger partial charge in [0.05, 0.1) is 26.3 Å². The van der Waals surface area contributed by atoms with Crippen LogP contribution < -0.4 is 5.32 Å². The molecule has 1 aliphatic rings. The molecule has 1 saturated heterocycles. The molecule has 0 bridgehead atoms. The first kappa shape index (κ1) is 12.4. The third-order valence-corrected chi connectivity index (χ3v) is 2.87. The number of likely N-dealkylation sites (N-methyl/N-ethyl adjacent to an activating group) is 1. The van der Waals surface area contributed by atoms with E-state index < -0.39 is 0 Å². The highest BCUT2D eigenvalue weighted by Gasteiger charge is 2.18. The van der Waals surface area contributed by atoms with E-state index in [9.17, 15) is 0 Å². The van der Waals surface area contributed by atoms with Crippen molar-refractivity contribution >= 4 is 0 Å². The Kier molecular flexibility index (Phi) is 4.41. The van der Waals surface area contributed by atoms with Crippen LogP contribution in [0.4, 0.5) is 0 Å². The average Bonchev–Trinajstić information content (AvgIpc) is 2.75. The molecule has 0 saturated carbocycles. The minimum atomic E-state index is 0.264. The molecule has 17 heavy (non-hydrogen) atoms. The molecule has 0 spiro atoms. The molecule has 2 rings (SSSR count). The number of ether oxygens (including phenoxy) is 1. The summed E-state index contributed by atoms with van der Waals surface area (Å²) in [6, 6.07) is 0. The zero-order valence-electron chi connectivity index (χ0n) is 10.5. The van der Waals surface area contributed by atoms with E-state index in [1.165, 1.54) is 4.80 Å². The number of rotatable bonds is 5. The van der Waals surface area contributed by atoms with Crippen molar-refractivity contribution < 1.29 is 4.74 Å². The maximum Gasteiger partial charge on any atom is 0.188 e. The second kappa shape index (κ2) is 6.04. The molecular weight excluding hydrogens is 220 g/mol. The van der Waals surface area contributed by atoms with Crippen molar-refractivity contribution in [2.45, 2.75) is 19.6 Å². The highest BCUT2D eigenvalue weighted by atomic mass is 16.5. The molecule has 1 aromatic rings. The van der Waals surface area contributed by atoms with Gasteiger partial charge in [0, 0.05) is 19.6 Å². The topological polar surface area (TPSA) is 68.1 Å². The molecule has 1 atom stereocenters. The molecule has 7 heteroatoms. The van der Waals surface area contributed by atoms with Crippen molar-refractivity contribution in [2.75, 3.05) is 32.8 Å². The van der Waals surface area contributed by atoms with Gasteiger partial charge in [-0.25, -0.2) is 0 Å². The molecule has 1 aromatic heterocycles. The van der Waals surface area contributed by atoms with Crippen molar-refractivity contribution in [2.24, 2.45) is 7.05 Å². The first-order chi connectivity index (χ1) is 8.28. The molecule has 2 heterocycles. The normalized spacial score (nSPS) is 21.9. The van der Waals surface area contributed by atoms with Crippen LogP contribution in [0.5, 0.6) is 0 Å². The molecule has 1 N–H and O–H groups in total. The summed E-state index contributed by atoms with van der Waals surface area (Å²) in [5.41, 5.74) is 0. The van der Waals surface area contributed by atoms with Crippen molar-refractivity contribution in [1.29, 1.82) is 0 Å². The molecule has 0 aliphatic carbocycles. The summed E-state index contributed by atoms with van der Waals surface area (Å²) in [6.45, 7) is 7.60. The highest BCUT2D eigenvalue weighted by Crippen LogP contribution is 2.03. The third kappa shape index (κ3) is 3.72. The lowest BCUT2D eigenvalue weighted by molar-refractivity contribution is -0.0254. The Hall–Kier alpha value is -1.05. The fraction of sp³-hybridized carbons (Fsp3) is 0.900. The van der Waals surface area contributed by atoms with Gasteiger partial charge in [-0.1, -0.05) is 6.92 Å². The fourth-order valence-electron chi connectivity index (χ4n) is 1.93. The van der Waals surface area contributed by atoms with E-state index in [4.69, 9.17) is 4.74 Å². The number of hydrogen-bond acceptors (Lipinski definition) is 6. The van der Waals surface area contributed by atoms with Gasteiger partial charge >= 0.3 is 0 Å². The number of morpholine rings is 1. The van der Waals surface area contributed by atoms with Gasteiger partial charge in [0.25, 0.3) is 0 Å². The van der Waals surface area contributed by atoms with E-state index in [0.717, 1.165) is 38.6 Å². The van der Waals surface area contributed by atoms with Crippen LogP contribution in [-0.4, -0.2) is 64.0 Å². The fourth-order valence-corrected chi connectivity index (χ4v) is 1.93. The minimum Gasteiger partial charge on any atom is -0.374 e. The van der Waals surface area contributed by atoms with Gasteiger partial charge < -0.3 is 10.1 Å². The van der Waals surface area contributed by atoms with Crippen LogP contribution in [0.1, 0.15) is 12.7 Å². The van der Waals surface area contributed by atoms with Crippen LogP contribution in [0.15, 0.2) is 0 Å². The molecule has 1 unspecified atom stereocenters. The molecule has 0 radical (unpaired) electrons. The van der Waals surface area contributed by atoms with Crippen LogP contribution in [-0.2, 0) is 18.3 Å². The number of aryl methyl sites for hydroxylation is 1. The van der Waals surface area contributed by atoms with Crippen LogP contribution in [0, 0.1) is 0 Å². The Morgan fingerprint density at radius 1 is 1.53 bits per heavy atom. The summed E-state index contributed by atoms with van der Waals surface area (Å²) in [5, 5.41) is 15.1. The number of tetrazole rings is 1. The molecular formula is C10H20N6O. The van der Waals surface area contributed by atoms with Gasteiger partial charge in [-0.05, 0) is 11.8 Å². The number of hydrogen-bond donors (Lipinski definition) is 1. The lowest BCUT2D eigenvalue weighted by atomic mass is 10.2. The van der Waals surface area contributed by atoms with Crippen molar-refractivity contribution in [3.05, 3.63) is 5.82 Å². The summed E-state index contributed by atoms with van der Waals surface area (Å²) >= 11 is 0.